The molecule has 1 heterocycles. The first-order valence-electron chi connectivity index (χ1n) is 8.65. The third kappa shape index (κ3) is 5.06. The molecule has 0 spiro atoms. The summed E-state index contributed by atoms with van der Waals surface area (Å²) in [6.45, 7) is 9.43. The van der Waals surface area contributed by atoms with Gasteiger partial charge in [-0.25, -0.2) is 0 Å². The van der Waals surface area contributed by atoms with Crippen LogP contribution in [0.5, 0.6) is 0 Å². The van der Waals surface area contributed by atoms with E-state index in [4.69, 9.17) is 0 Å². The van der Waals surface area contributed by atoms with Crippen LogP contribution in [0.1, 0.15) is 44.7 Å². The van der Waals surface area contributed by atoms with Crippen molar-refractivity contribution in [2.45, 2.75) is 52.1 Å². The van der Waals surface area contributed by atoms with Gasteiger partial charge in [-0.2, -0.15) is 0 Å². The molecule has 1 aliphatic rings. The fourth-order valence-electron chi connectivity index (χ4n) is 3.15. The molecule has 0 saturated carbocycles. The van der Waals surface area contributed by atoms with E-state index in [1.165, 1.54) is 18.1 Å². The Morgan fingerprint density at radius 1 is 1.33 bits per heavy atom. The molecule has 1 saturated heterocycles. The molecule has 1 unspecified atom stereocenters. The van der Waals surface area contributed by atoms with Crippen LogP contribution in [0.25, 0.3) is 0 Å². The van der Waals surface area contributed by atoms with Crippen LogP contribution in [0.3, 0.4) is 0 Å². The van der Waals surface area contributed by atoms with Gasteiger partial charge < -0.3 is 10.2 Å². The molecule has 0 bridgehead atoms. The van der Waals surface area contributed by atoms with E-state index in [0.29, 0.717) is 13.1 Å². The van der Waals surface area contributed by atoms with E-state index in [2.05, 4.69) is 49.6 Å². The summed E-state index contributed by atoms with van der Waals surface area (Å²) in [5.74, 6) is 0.0544. The summed E-state index contributed by atoms with van der Waals surface area (Å²) in [5, 5.41) is 6.29. The quantitative estimate of drug-likeness (QED) is 0.867. The highest BCUT2D eigenvalue weighted by atomic mass is 16.2. The van der Waals surface area contributed by atoms with Gasteiger partial charge in [0.2, 0.25) is 11.8 Å². The van der Waals surface area contributed by atoms with Crippen molar-refractivity contribution in [2.24, 2.45) is 0 Å². The van der Waals surface area contributed by atoms with Crippen LogP contribution in [-0.2, 0) is 15.1 Å². The number of hydrogen-bond acceptors (Lipinski definition) is 3. The number of rotatable bonds is 5. The zero-order valence-electron chi connectivity index (χ0n) is 15.2. The normalized spacial score (nSPS) is 18.3. The van der Waals surface area contributed by atoms with Gasteiger partial charge >= 0.3 is 0 Å². The molecule has 132 valence electrons. The Morgan fingerprint density at radius 2 is 2.08 bits per heavy atom. The molecule has 5 heteroatoms. The number of nitrogens with zero attached hydrogens (tertiary/aromatic N) is 1. The SMILES string of the molecule is CC(=O)NC1CCCN(C(=O)CNC(C)(C)c2cccc(C)c2)C1. The van der Waals surface area contributed by atoms with Gasteiger partial charge in [0.25, 0.3) is 0 Å². The summed E-state index contributed by atoms with van der Waals surface area (Å²) in [5.41, 5.74) is 2.11. The van der Waals surface area contributed by atoms with Crippen molar-refractivity contribution in [3.8, 4) is 0 Å². The Labute approximate surface area is 144 Å². The van der Waals surface area contributed by atoms with Crippen molar-refractivity contribution in [1.82, 2.24) is 15.5 Å². The Kier molecular flexibility index (Phi) is 5.99. The lowest BCUT2D eigenvalue weighted by atomic mass is 9.93. The molecule has 1 aromatic carbocycles. The third-order valence-electron chi connectivity index (χ3n) is 4.60. The van der Waals surface area contributed by atoms with Gasteiger partial charge in [0.05, 0.1) is 6.54 Å². The number of benzene rings is 1. The van der Waals surface area contributed by atoms with Crippen LogP contribution in [0.4, 0.5) is 0 Å². The monoisotopic (exact) mass is 331 g/mol. The average Bonchev–Trinajstić information content (AvgIpc) is 2.52. The molecule has 2 rings (SSSR count). The van der Waals surface area contributed by atoms with Crippen LogP contribution < -0.4 is 10.6 Å². The number of carbonyl (C=O) groups is 2. The maximum absolute atomic E-state index is 12.5. The Hall–Kier alpha value is -1.88. The van der Waals surface area contributed by atoms with E-state index in [0.717, 1.165) is 19.4 Å². The number of likely N-dealkylation sites (tertiary alicyclic amines) is 1. The van der Waals surface area contributed by atoms with E-state index in [9.17, 15) is 9.59 Å². The maximum atomic E-state index is 12.5. The fraction of sp³-hybridized carbons (Fsp3) is 0.579. The van der Waals surface area contributed by atoms with E-state index < -0.39 is 0 Å². The maximum Gasteiger partial charge on any atom is 0.236 e. The highest BCUT2D eigenvalue weighted by molar-refractivity contribution is 5.79. The lowest BCUT2D eigenvalue weighted by molar-refractivity contribution is -0.132. The molecule has 0 radical (unpaired) electrons. The molecule has 1 aromatic rings. The van der Waals surface area contributed by atoms with Crippen molar-refractivity contribution in [3.05, 3.63) is 35.4 Å². The van der Waals surface area contributed by atoms with Gasteiger partial charge in [-0.3, -0.25) is 14.9 Å². The first kappa shape index (κ1) is 18.5. The molecule has 24 heavy (non-hydrogen) atoms. The Balaban J connectivity index is 1.91. The van der Waals surface area contributed by atoms with Gasteiger partial charge in [0.15, 0.2) is 0 Å². The van der Waals surface area contributed by atoms with Crippen molar-refractivity contribution >= 4 is 11.8 Å². The van der Waals surface area contributed by atoms with Crippen LogP contribution in [-0.4, -0.2) is 42.4 Å². The van der Waals surface area contributed by atoms with Crippen molar-refractivity contribution in [1.29, 1.82) is 0 Å². The van der Waals surface area contributed by atoms with E-state index >= 15 is 0 Å². The zero-order chi connectivity index (χ0) is 17.7. The number of aryl methyl sites for hydroxylation is 1. The third-order valence-corrected chi connectivity index (χ3v) is 4.60. The summed E-state index contributed by atoms with van der Waals surface area (Å²) in [6.07, 6.45) is 1.86. The first-order chi connectivity index (χ1) is 11.3. The molecule has 5 nitrogen and oxygen atoms in total. The Morgan fingerprint density at radius 3 is 2.75 bits per heavy atom. The summed E-state index contributed by atoms with van der Waals surface area (Å²) < 4.78 is 0. The summed E-state index contributed by atoms with van der Waals surface area (Å²) in [6, 6.07) is 8.41. The van der Waals surface area contributed by atoms with E-state index in [-0.39, 0.29) is 23.4 Å². The number of piperidine rings is 1. The average molecular weight is 331 g/mol. The van der Waals surface area contributed by atoms with Crippen molar-refractivity contribution in [2.75, 3.05) is 19.6 Å². The summed E-state index contributed by atoms with van der Waals surface area (Å²) >= 11 is 0. The van der Waals surface area contributed by atoms with Crippen LogP contribution in [0.2, 0.25) is 0 Å². The molecule has 0 aliphatic carbocycles. The lowest BCUT2D eigenvalue weighted by Gasteiger charge is -2.34. The number of carbonyl (C=O) groups excluding carboxylic acids is 2. The van der Waals surface area contributed by atoms with Gasteiger partial charge in [-0.1, -0.05) is 29.8 Å². The molecule has 1 atom stereocenters. The molecule has 2 amide bonds. The molecule has 2 N–H and O–H groups in total. The molecule has 1 aliphatic heterocycles. The van der Waals surface area contributed by atoms with Gasteiger partial charge in [0.1, 0.15) is 0 Å². The smallest absolute Gasteiger partial charge is 0.236 e. The van der Waals surface area contributed by atoms with Gasteiger partial charge in [-0.15, -0.1) is 0 Å². The minimum Gasteiger partial charge on any atom is -0.352 e. The highest BCUT2D eigenvalue weighted by Crippen LogP contribution is 2.21. The van der Waals surface area contributed by atoms with Crippen LogP contribution in [0.15, 0.2) is 24.3 Å². The lowest BCUT2D eigenvalue weighted by Crippen LogP contribution is -2.52. The minimum absolute atomic E-state index is 0.0343. The predicted octanol–water partition coefficient (Wildman–Crippen LogP) is 1.95. The number of nitrogens with one attached hydrogen (secondary N) is 2. The first-order valence-corrected chi connectivity index (χ1v) is 8.65. The number of amides is 2. The molecule has 0 aromatic heterocycles. The fourth-order valence-corrected chi connectivity index (χ4v) is 3.15. The molecular formula is C19H29N3O2. The van der Waals surface area contributed by atoms with Crippen LogP contribution >= 0.6 is 0 Å². The van der Waals surface area contributed by atoms with E-state index in [1.807, 2.05) is 11.0 Å². The molecule has 1 fully saturated rings. The van der Waals surface area contributed by atoms with Gasteiger partial charge in [-0.05, 0) is 39.2 Å². The predicted molar refractivity (Wildman–Crippen MR) is 95.6 cm³/mol. The standard InChI is InChI=1S/C19H29N3O2/c1-14-7-5-8-16(11-14)19(3,4)20-12-18(24)22-10-6-9-17(13-22)21-15(2)23/h5,7-8,11,17,20H,6,9-10,12-13H2,1-4H3,(H,21,23). The van der Waals surface area contributed by atoms with Gasteiger partial charge in [0, 0.05) is 31.6 Å². The topological polar surface area (TPSA) is 61.4 Å². The van der Waals surface area contributed by atoms with E-state index in [1.54, 1.807) is 0 Å². The van der Waals surface area contributed by atoms with Crippen LogP contribution in [0, 0.1) is 6.92 Å². The number of hydrogen-bond donors (Lipinski definition) is 2. The molecular weight excluding hydrogens is 302 g/mol. The van der Waals surface area contributed by atoms with Crippen molar-refractivity contribution in [3.63, 3.8) is 0 Å². The minimum atomic E-state index is -0.269. The van der Waals surface area contributed by atoms with Crippen molar-refractivity contribution < 1.29 is 9.59 Å². The zero-order valence-corrected chi connectivity index (χ0v) is 15.2. The second-order valence-electron chi connectivity index (χ2n) is 7.23. The summed E-state index contributed by atoms with van der Waals surface area (Å²) in [7, 11) is 0. The second kappa shape index (κ2) is 7.79. The largest absolute Gasteiger partial charge is 0.352 e. The Bertz CT molecular complexity index is 598. The summed E-state index contributed by atoms with van der Waals surface area (Å²) in [4.78, 5) is 25.6. The highest BCUT2D eigenvalue weighted by Gasteiger charge is 2.26. The second-order valence-corrected chi connectivity index (χ2v) is 7.23.